The van der Waals surface area contributed by atoms with E-state index in [0.717, 1.165) is 42.6 Å². The van der Waals surface area contributed by atoms with Crippen LogP contribution in [-0.4, -0.2) is 39.5 Å². The van der Waals surface area contributed by atoms with Crippen molar-refractivity contribution in [2.45, 2.75) is 36.8 Å². The number of phenols is 1. The molecule has 2 bridgehead atoms. The molecule has 1 spiro atoms. The molecule has 0 unspecified atom stereocenters. The molecule has 2 aromatic carbocycles. The number of likely N-dealkylation sites (tertiary alicyclic amines) is 1. The Hall–Kier alpha value is -3.45. The summed E-state index contributed by atoms with van der Waals surface area (Å²) < 4.78 is 6.54. The van der Waals surface area contributed by atoms with Crippen LogP contribution < -0.4 is 4.74 Å². The van der Waals surface area contributed by atoms with Gasteiger partial charge in [-0.15, -0.1) is 0 Å². The maximum absolute atomic E-state index is 11.6. The van der Waals surface area contributed by atoms with Crippen LogP contribution in [0.5, 0.6) is 11.5 Å². The lowest BCUT2D eigenvalue weighted by molar-refractivity contribution is -0.384. The number of piperidine rings is 1. The molecular weight excluding hydrogens is 418 g/mol. The number of rotatable bonds is 2. The summed E-state index contributed by atoms with van der Waals surface area (Å²) in [7, 11) is 2.20. The normalized spacial score (nSPS) is 28.6. The maximum Gasteiger partial charge on any atom is 0.277 e. The molecular formula is C26H23N3O4. The standard InChI is InChI=1S/C26H23N3O4/c1-28-9-8-26-18-11-15-10-16(17-4-2-3-5-19(17)29(31)32)13-27-23(15)25(26)33-24-21(30)7-6-14(22(24)26)12-20(18)28/h2-7,10,13,18,20,25,30H,8-9,11-12H2,1H3/t18-,20-,25-,26-/m0/s1. The number of pyridine rings is 1. The number of hydrogen-bond donors (Lipinski definition) is 1. The van der Waals surface area contributed by atoms with Gasteiger partial charge < -0.3 is 14.7 Å². The Bertz CT molecular complexity index is 1360. The van der Waals surface area contributed by atoms with Crippen LogP contribution in [0.1, 0.15) is 34.9 Å². The molecule has 3 heterocycles. The largest absolute Gasteiger partial charge is 0.504 e. The molecule has 1 N–H and O–H groups in total. The summed E-state index contributed by atoms with van der Waals surface area (Å²) in [6.45, 7) is 0.985. The van der Waals surface area contributed by atoms with Crippen molar-refractivity contribution in [3.05, 3.63) is 81.2 Å². The minimum atomic E-state index is -0.342. The Kier molecular flexibility index (Phi) is 3.65. The fraction of sp³-hybridized carbons (Fsp3) is 0.346. The summed E-state index contributed by atoms with van der Waals surface area (Å²) in [6, 6.07) is 13.1. The monoisotopic (exact) mass is 441 g/mol. The summed E-state index contributed by atoms with van der Waals surface area (Å²) >= 11 is 0. The van der Waals surface area contributed by atoms with Crippen LogP contribution in [0.2, 0.25) is 0 Å². The Morgan fingerprint density at radius 1 is 1.21 bits per heavy atom. The fourth-order valence-electron chi connectivity index (χ4n) is 7.09. The number of ether oxygens (including phenoxy) is 1. The van der Waals surface area contributed by atoms with Gasteiger partial charge in [-0.2, -0.15) is 0 Å². The van der Waals surface area contributed by atoms with E-state index in [1.165, 1.54) is 17.2 Å². The molecule has 0 amide bonds. The molecule has 7 heteroatoms. The smallest absolute Gasteiger partial charge is 0.277 e. The number of fused-ring (bicyclic) bond motifs is 2. The van der Waals surface area contributed by atoms with Gasteiger partial charge in [-0.05, 0) is 68.1 Å². The van der Waals surface area contributed by atoms with Gasteiger partial charge in [0.05, 0.1) is 16.2 Å². The second-order valence-electron chi connectivity index (χ2n) is 9.84. The highest BCUT2D eigenvalue weighted by molar-refractivity contribution is 5.74. The summed E-state index contributed by atoms with van der Waals surface area (Å²) in [6.07, 6.45) is 4.24. The lowest BCUT2D eigenvalue weighted by Crippen LogP contribution is -2.62. The summed E-state index contributed by atoms with van der Waals surface area (Å²) in [5.74, 6) is 1.17. The van der Waals surface area contributed by atoms with E-state index in [9.17, 15) is 15.2 Å². The zero-order valence-corrected chi connectivity index (χ0v) is 18.2. The topological polar surface area (TPSA) is 88.7 Å². The van der Waals surface area contributed by atoms with E-state index in [1.807, 2.05) is 6.07 Å². The number of para-hydroxylation sites is 1. The van der Waals surface area contributed by atoms with Crippen molar-refractivity contribution < 1.29 is 14.8 Å². The van der Waals surface area contributed by atoms with E-state index in [0.29, 0.717) is 23.3 Å². The van der Waals surface area contributed by atoms with Crippen LogP contribution in [0.15, 0.2) is 48.7 Å². The molecule has 7 rings (SSSR count). The SMILES string of the molecule is CN1CC[C@]23c4c5ccc(O)c4O[C@H]2c2ncc(-c4ccccc4[N+](=O)[O-])cc2C[C@H]3[C@@H]1C5. The van der Waals surface area contributed by atoms with E-state index in [2.05, 4.69) is 24.1 Å². The highest BCUT2D eigenvalue weighted by Gasteiger charge is 2.64. The average molecular weight is 441 g/mol. The van der Waals surface area contributed by atoms with E-state index < -0.39 is 0 Å². The zero-order valence-electron chi connectivity index (χ0n) is 18.2. The molecule has 4 aliphatic rings. The van der Waals surface area contributed by atoms with E-state index in [4.69, 9.17) is 9.72 Å². The second-order valence-corrected chi connectivity index (χ2v) is 9.84. The van der Waals surface area contributed by atoms with Gasteiger partial charge in [0.25, 0.3) is 5.69 Å². The van der Waals surface area contributed by atoms with Crippen LogP contribution in [0.25, 0.3) is 11.1 Å². The number of benzene rings is 2. The molecule has 4 atom stereocenters. The van der Waals surface area contributed by atoms with Crippen molar-refractivity contribution in [3.63, 3.8) is 0 Å². The third-order valence-electron chi connectivity index (χ3n) is 8.49. The number of aromatic hydroxyl groups is 1. The Balaban J connectivity index is 1.43. The van der Waals surface area contributed by atoms with E-state index >= 15 is 0 Å². The molecule has 3 aromatic rings. The number of nitro groups is 1. The molecule has 7 nitrogen and oxygen atoms in total. The van der Waals surface area contributed by atoms with Gasteiger partial charge in [0.15, 0.2) is 17.6 Å². The number of nitro benzene ring substituents is 1. The van der Waals surface area contributed by atoms with Gasteiger partial charge in [-0.1, -0.05) is 18.2 Å². The number of likely N-dealkylation sites (N-methyl/N-ethyl adjacent to an activating group) is 1. The highest BCUT2D eigenvalue weighted by Crippen LogP contribution is 2.66. The Morgan fingerprint density at radius 3 is 2.91 bits per heavy atom. The molecule has 33 heavy (non-hydrogen) atoms. The predicted molar refractivity (Wildman–Crippen MR) is 121 cm³/mol. The third kappa shape index (κ3) is 2.30. The van der Waals surface area contributed by atoms with Crippen LogP contribution in [0.3, 0.4) is 0 Å². The molecule has 0 radical (unpaired) electrons. The number of hydrogen-bond acceptors (Lipinski definition) is 6. The Labute approximate surface area is 190 Å². The first-order chi connectivity index (χ1) is 16.0. The molecule has 2 aliphatic carbocycles. The van der Waals surface area contributed by atoms with Gasteiger partial charge in [0.1, 0.15) is 0 Å². The lowest BCUT2D eigenvalue weighted by Gasteiger charge is -2.57. The van der Waals surface area contributed by atoms with E-state index in [1.54, 1.807) is 24.4 Å². The summed E-state index contributed by atoms with van der Waals surface area (Å²) in [4.78, 5) is 18.6. The fourth-order valence-corrected chi connectivity index (χ4v) is 7.09. The van der Waals surface area contributed by atoms with Crippen molar-refractivity contribution >= 4 is 5.69 Å². The summed E-state index contributed by atoms with van der Waals surface area (Å²) in [5.41, 5.74) is 5.70. The first kappa shape index (κ1) is 19.1. The van der Waals surface area contributed by atoms with Crippen molar-refractivity contribution in [1.82, 2.24) is 9.88 Å². The van der Waals surface area contributed by atoms with Crippen LogP contribution in [0, 0.1) is 16.0 Å². The van der Waals surface area contributed by atoms with Crippen molar-refractivity contribution in [1.29, 1.82) is 0 Å². The number of aromatic nitrogens is 1. The van der Waals surface area contributed by atoms with Gasteiger partial charge in [0, 0.05) is 34.8 Å². The van der Waals surface area contributed by atoms with Gasteiger partial charge >= 0.3 is 0 Å². The summed E-state index contributed by atoms with van der Waals surface area (Å²) in [5, 5.41) is 22.3. The zero-order chi connectivity index (χ0) is 22.5. The van der Waals surface area contributed by atoms with Crippen molar-refractivity contribution in [3.8, 4) is 22.6 Å². The molecule has 166 valence electrons. The Morgan fingerprint density at radius 2 is 2.06 bits per heavy atom. The third-order valence-corrected chi connectivity index (χ3v) is 8.49. The quantitative estimate of drug-likeness (QED) is 0.474. The van der Waals surface area contributed by atoms with Crippen LogP contribution in [-0.2, 0) is 18.3 Å². The predicted octanol–water partition coefficient (Wildman–Crippen LogP) is 4.17. The average Bonchev–Trinajstić information content (AvgIpc) is 3.18. The number of phenolic OH excluding ortho intramolecular Hbond substituents is 1. The maximum atomic E-state index is 11.6. The van der Waals surface area contributed by atoms with Gasteiger partial charge in [0.2, 0.25) is 0 Å². The molecule has 1 aromatic heterocycles. The van der Waals surface area contributed by atoms with Crippen LogP contribution in [0.4, 0.5) is 5.69 Å². The van der Waals surface area contributed by atoms with Crippen LogP contribution >= 0.6 is 0 Å². The number of nitrogens with zero attached hydrogens (tertiary/aromatic N) is 3. The second kappa shape index (κ2) is 6.32. The molecule has 2 aliphatic heterocycles. The minimum absolute atomic E-state index is 0.0832. The first-order valence-corrected chi connectivity index (χ1v) is 11.4. The van der Waals surface area contributed by atoms with E-state index in [-0.39, 0.29) is 27.9 Å². The van der Waals surface area contributed by atoms with Crippen molar-refractivity contribution in [2.75, 3.05) is 13.6 Å². The van der Waals surface area contributed by atoms with Gasteiger partial charge in [-0.3, -0.25) is 15.1 Å². The molecule has 1 fully saturated rings. The minimum Gasteiger partial charge on any atom is -0.504 e. The highest BCUT2D eigenvalue weighted by atomic mass is 16.6. The molecule has 0 saturated carbocycles. The van der Waals surface area contributed by atoms with Gasteiger partial charge in [-0.25, -0.2) is 0 Å². The van der Waals surface area contributed by atoms with Crippen molar-refractivity contribution in [2.24, 2.45) is 5.92 Å². The first-order valence-electron chi connectivity index (χ1n) is 11.4. The molecule has 1 saturated heterocycles. The lowest BCUT2D eigenvalue weighted by atomic mass is 9.51.